The number of rotatable bonds is 5. The molecule has 1 aromatic heterocycles. The van der Waals surface area contributed by atoms with Crippen LogP contribution in [0.15, 0.2) is 53.7 Å². The minimum atomic E-state index is 0.0355. The van der Waals surface area contributed by atoms with Crippen LogP contribution in [0.3, 0.4) is 0 Å². The lowest BCUT2D eigenvalue weighted by molar-refractivity contribution is 0.408. The van der Waals surface area contributed by atoms with Gasteiger partial charge in [0.25, 0.3) is 5.95 Å². The summed E-state index contributed by atoms with van der Waals surface area (Å²) in [5.41, 5.74) is 8.55. The quantitative estimate of drug-likeness (QED) is 0.507. The van der Waals surface area contributed by atoms with Crippen LogP contribution in [0.25, 0.3) is 22.4 Å². The Balaban J connectivity index is 2.18. The van der Waals surface area contributed by atoms with E-state index in [4.69, 9.17) is 15.2 Å². The summed E-state index contributed by atoms with van der Waals surface area (Å²) in [6.45, 7) is 0. The van der Waals surface area contributed by atoms with Crippen molar-refractivity contribution in [3.8, 4) is 39.6 Å². The number of phenols is 1. The third-order valence-electron chi connectivity index (χ3n) is 4.31. The highest BCUT2D eigenvalue weighted by molar-refractivity contribution is 5.85. The number of nitrogens with zero attached hydrogens (tertiary/aromatic N) is 4. The summed E-state index contributed by atoms with van der Waals surface area (Å²) < 4.78 is 10.4. The van der Waals surface area contributed by atoms with Crippen LogP contribution in [-0.2, 0) is 0 Å². The highest BCUT2D eigenvalue weighted by Gasteiger charge is 2.16. The number of hydrogen-bond acceptors (Lipinski definition) is 6. The molecular formula is C21H23N5O3. The van der Waals surface area contributed by atoms with Gasteiger partial charge in [0.1, 0.15) is 17.2 Å². The second kappa shape index (κ2) is 8.47. The molecule has 0 spiro atoms. The molecule has 0 radical (unpaired) electrons. The monoisotopic (exact) mass is 393 g/mol. The van der Waals surface area contributed by atoms with Crippen LogP contribution >= 0.6 is 0 Å². The lowest BCUT2D eigenvalue weighted by Gasteiger charge is -2.13. The molecule has 0 amide bonds. The molecule has 3 N–H and O–H groups in total. The number of aromatic hydroxyl groups is 1. The van der Waals surface area contributed by atoms with Crippen LogP contribution in [0.1, 0.15) is 0 Å². The fraction of sp³-hybridized carbons (Fsp3) is 0.190. The summed E-state index contributed by atoms with van der Waals surface area (Å²) in [5, 5.41) is 10.6. The summed E-state index contributed by atoms with van der Waals surface area (Å²) >= 11 is 0. The van der Waals surface area contributed by atoms with Gasteiger partial charge in [-0.25, -0.2) is 9.97 Å². The highest BCUT2D eigenvalue weighted by atomic mass is 16.5. The van der Waals surface area contributed by atoms with Crippen molar-refractivity contribution in [3.05, 3.63) is 48.7 Å². The standard InChI is InChI=1S/C21H23N5O3/c1-26(2)20(22)25-21-23-12-17(13-5-7-14(28-3)8-6-13)19(24-21)16-10-9-15(29-4)11-18(16)27/h5-12,27H,1-4H3,(H2,22,23,24,25). The van der Waals surface area contributed by atoms with Crippen LogP contribution < -0.4 is 15.2 Å². The van der Waals surface area contributed by atoms with E-state index in [1.807, 2.05) is 24.3 Å². The lowest BCUT2D eigenvalue weighted by atomic mass is 10.00. The van der Waals surface area contributed by atoms with Gasteiger partial charge in [0, 0.05) is 37.5 Å². The first-order valence-corrected chi connectivity index (χ1v) is 8.83. The van der Waals surface area contributed by atoms with E-state index in [1.165, 1.54) is 6.07 Å². The number of hydrogen-bond donors (Lipinski definition) is 2. The average molecular weight is 393 g/mol. The Hall–Kier alpha value is -3.81. The molecule has 29 heavy (non-hydrogen) atoms. The van der Waals surface area contributed by atoms with Crippen molar-refractivity contribution in [1.82, 2.24) is 14.9 Å². The topological polar surface area (TPSA) is 106 Å². The molecule has 3 rings (SSSR count). The second-order valence-corrected chi connectivity index (χ2v) is 6.41. The lowest BCUT2D eigenvalue weighted by Crippen LogP contribution is -2.30. The van der Waals surface area contributed by atoms with Crippen molar-refractivity contribution >= 4 is 11.9 Å². The van der Waals surface area contributed by atoms with E-state index in [0.29, 0.717) is 17.0 Å². The maximum atomic E-state index is 10.6. The number of phenolic OH excluding ortho intramolecular Hbond substituents is 1. The van der Waals surface area contributed by atoms with Crippen molar-refractivity contribution in [3.63, 3.8) is 0 Å². The number of guanidine groups is 1. The summed E-state index contributed by atoms with van der Waals surface area (Å²) in [6, 6.07) is 12.5. The van der Waals surface area contributed by atoms with E-state index in [9.17, 15) is 5.11 Å². The van der Waals surface area contributed by atoms with Crippen molar-refractivity contribution in [2.75, 3.05) is 28.3 Å². The number of methoxy groups -OCH3 is 2. The molecule has 8 heteroatoms. The predicted molar refractivity (Wildman–Crippen MR) is 113 cm³/mol. The number of benzene rings is 2. The minimum absolute atomic E-state index is 0.0355. The fourth-order valence-electron chi connectivity index (χ4n) is 2.65. The molecule has 150 valence electrons. The zero-order valence-electron chi connectivity index (χ0n) is 16.7. The van der Waals surface area contributed by atoms with Gasteiger partial charge >= 0.3 is 0 Å². The minimum Gasteiger partial charge on any atom is -0.507 e. The Morgan fingerprint density at radius 1 is 1.00 bits per heavy atom. The van der Waals surface area contributed by atoms with Crippen LogP contribution in [0.5, 0.6) is 17.2 Å². The molecule has 2 aromatic carbocycles. The molecule has 0 saturated heterocycles. The average Bonchev–Trinajstić information content (AvgIpc) is 2.73. The summed E-state index contributed by atoms with van der Waals surface area (Å²) in [7, 11) is 6.71. The van der Waals surface area contributed by atoms with E-state index in [0.717, 1.165) is 16.9 Å². The van der Waals surface area contributed by atoms with Crippen LogP contribution in [0.4, 0.5) is 5.95 Å². The zero-order chi connectivity index (χ0) is 21.0. The third kappa shape index (κ3) is 4.37. The van der Waals surface area contributed by atoms with Crippen LogP contribution in [0, 0.1) is 0 Å². The van der Waals surface area contributed by atoms with Crippen LogP contribution in [0.2, 0.25) is 0 Å². The Morgan fingerprint density at radius 2 is 1.66 bits per heavy atom. The van der Waals surface area contributed by atoms with Gasteiger partial charge < -0.3 is 25.2 Å². The maximum absolute atomic E-state index is 10.6. The second-order valence-electron chi connectivity index (χ2n) is 6.41. The largest absolute Gasteiger partial charge is 0.507 e. The molecule has 0 aliphatic rings. The molecule has 3 aromatic rings. The first-order valence-electron chi connectivity index (χ1n) is 8.83. The Labute approximate surface area is 169 Å². The molecular weight excluding hydrogens is 370 g/mol. The van der Waals surface area contributed by atoms with Gasteiger partial charge in [0.05, 0.1) is 19.9 Å². The SMILES string of the molecule is COc1ccc(-c2cnc(/N=C(\N)N(C)C)nc2-c2ccc(OC)cc2O)cc1. The van der Waals surface area contributed by atoms with Crippen molar-refractivity contribution in [1.29, 1.82) is 0 Å². The third-order valence-corrected chi connectivity index (χ3v) is 4.31. The van der Waals surface area contributed by atoms with Crippen molar-refractivity contribution in [2.24, 2.45) is 10.7 Å². The Morgan fingerprint density at radius 3 is 2.24 bits per heavy atom. The van der Waals surface area contributed by atoms with Crippen molar-refractivity contribution < 1.29 is 14.6 Å². The van der Waals surface area contributed by atoms with Gasteiger partial charge in [-0.1, -0.05) is 12.1 Å². The summed E-state index contributed by atoms with van der Waals surface area (Å²) in [4.78, 5) is 14.8. The summed E-state index contributed by atoms with van der Waals surface area (Å²) in [5.74, 6) is 1.78. The van der Waals surface area contributed by atoms with E-state index in [2.05, 4.69) is 15.0 Å². The fourth-order valence-corrected chi connectivity index (χ4v) is 2.65. The summed E-state index contributed by atoms with van der Waals surface area (Å²) in [6.07, 6.45) is 1.66. The Bertz CT molecular complexity index is 1030. The molecule has 0 bridgehead atoms. The number of aromatic nitrogens is 2. The maximum Gasteiger partial charge on any atom is 0.253 e. The normalized spacial score (nSPS) is 11.2. The molecule has 0 atom stereocenters. The molecule has 0 saturated carbocycles. The molecule has 0 aliphatic heterocycles. The predicted octanol–water partition coefficient (Wildman–Crippen LogP) is 3.04. The molecule has 8 nitrogen and oxygen atoms in total. The highest BCUT2D eigenvalue weighted by Crippen LogP contribution is 2.38. The first kappa shape index (κ1) is 19.9. The molecule has 0 unspecified atom stereocenters. The van der Waals surface area contributed by atoms with Gasteiger partial charge in [0.2, 0.25) is 0 Å². The number of ether oxygens (including phenoxy) is 2. The van der Waals surface area contributed by atoms with E-state index in [-0.39, 0.29) is 17.7 Å². The smallest absolute Gasteiger partial charge is 0.253 e. The zero-order valence-corrected chi connectivity index (χ0v) is 16.7. The van der Waals surface area contributed by atoms with E-state index >= 15 is 0 Å². The van der Waals surface area contributed by atoms with Crippen molar-refractivity contribution in [2.45, 2.75) is 0 Å². The number of nitrogens with two attached hydrogens (primary N) is 1. The molecule has 0 aliphatic carbocycles. The van der Waals surface area contributed by atoms with Gasteiger partial charge in [-0.05, 0) is 29.8 Å². The van der Waals surface area contributed by atoms with Gasteiger partial charge in [-0.3, -0.25) is 0 Å². The Kier molecular flexibility index (Phi) is 5.82. The first-order chi connectivity index (χ1) is 13.9. The number of aliphatic imine (C=N–C) groups is 1. The van der Waals surface area contributed by atoms with Gasteiger partial charge in [0.15, 0.2) is 5.96 Å². The molecule has 1 heterocycles. The van der Waals surface area contributed by atoms with Gasteiger partial charge in [-0.2, -0.15) is 4.99 Å². The van der Waals surface area contributed by atoms with E-state index < -0.39 is 0 Å². The molecule has 0 fully saturated rings. The van der Waals surface area contributed by atoms with E-state index in [1.54, 1.807) is 51.5 Å². The van der Waals surface area contributed by atoms with Crippen LogP contribution in [-0.4, -0.2) is 54.2 Å². The van der Waals surface area contributed by atoms with Gasteiger partial charge in [-0.15, -0.1) is 0 Å².